The number of aromatic nitrogens is 4. The molecule has 6 rings (SSSR count). The molecule has 1 saturated heterocycles. The van der Waals surface area contributed by atoms with Gasteiger partial charge < -0.3 is 4.90 Å². The monoisotopic (exact) mass is 571 g/mol. The fourth-order valence-electron chi connectivity index (χ4n) is 5.56. The zero-order valence-corrected chi connectivity index (χ0v) is 23.5. The number of para-hydroxylation sites is 1. The van der Waals surface area contributed by atoms with Gasteiger partial charge in [-0.1, -0.05) is 42.5 Å². The van der Waals surface area contributed by atoms with Crippen molar-refractivity contribution in [1.82, 2.24) is 28.7 Å². The van der Waals surface area contributed by atoms with Crippen LogP contribution < -0.4 is 4.90 Å². The van der Waals surface area contributed by atoms with Crippen LogP contribution in [0.5, 0.6) is 0 Å². The number of piperazine rings is 1. The van der Waals surface area contributed by atoms with Gasteiger partial charge in [-0.05, 0) is 30.2 Å². The fraction of sp³-hybridized carbons (Fsp3) is 0.276. The van der Waals surface area contributed by atoms with Crippen molar-refractivity contribution < 1.29 is 18.0 Å². The Balaban J connectivity index is 1.40. The van der Waals surface area contributed by atoms with Gasteiger partial charge in [-0.3, -0.25) is 14.2 Å². The van der Waals surface area contributed by atoms with E-state index < -0.39 is 15.6 Å². The molecule has 2 aliphatic rings. The van der Waals surface area contributed by atoms with Gasteiger partial charge in [0.1, 0.15) is 11.9 Å². The number of hydrogen-bond acceptors (Lipinski definition) is 7. The predicted octanol–water partition coefficient (Wildman–Crippen LogP) is 2.83. The highest BCUT2D eigenvalue weighted by molar-refractivity contribution is 7.89. The van der Waals surface area contributed by atoms with Gasteiger partial charge in [0.15, 0.2) is 5.03 Å². The molecule has 0 bridgehead atoms. The van der Waals surface area contributed by atoms with Crippen LogP contribution in [0.1, 0.15) is 19.4 Å². The Labute approximate surface area is 238 Å². The number of rotatable bonds is 6. The molecule has 0 spiro atoms. The molecule has 4 heterocycles. The second-order valence-corrected chi connectivity index (χ2v) is 12.3. The van der Waals surface area contributed by atoms with E-state index >= 15 is 0 Å². The average molecular weight is 572 g/mol. The second kappa shape index (κ2) is 10.2. The van der Waals surface area contributed by atoms with E-state index in [0.717, 1.165) is 16.7 Å². The van der Waals surface area contributed by atoms with E-state index in [1.807, 2.05) is 42.5 Å². The number of imidazole rings is 1. The van der Waals surface area contributed by atoms with Crippen LogP contribution in [0.2, 0.25) is 0 Å². The number of fused-ring (bicyclic) bond motifs is 1. The molecule has 0 radical (unpaired) electrons. The Morgan fingerprint density at radius 2 is 1.56 bits per heavy atom. The molecule has 2 aromatic heterocycles. The first-order valence-electron chi connectivity index (χ1n) is 13.3. The van der Waals surface area contributed by atoms with Crippen molar-refractivity contribution in [1.29, 1.82) is 0 Å². The SMILES string of the molecule is CC(=O)N1CCN(S(=O)(=O)c2cnc3n2C(C)(Cc2ccc(-c4cncnc4)cc2)C(=O)N3c2ccccc2)CC1. The van der Waals surface area contributed by atoms with Gasteiger partial charge in [-0.2, -0.15) is 4.31 Å². The summed E-state index contributed by atoms with van der Waals surface area (Å²) >= 11 is 0. The summed E-state index contributed by atoms with van der Waals surface area (Å²) in [5.74, 6) is -0.109. The average Bonchev–Trinajstić information content (AvgIpc) is 3.52. The summed E-state index contributed by atoms with van der Waals surface area (Å²) in [6.07, 6.45) is 6.51. The summed E-state index contributed by atoms with van der Waals surface area (Å²) in [5.41, 5.74) is 1.98. The lowest BCUT2D eigenvalue weighted by atomic mass is 9.91. The molecular weight excluding hydrogens is 542 g/mol. The van der Waals surface area contributed by atoms with E-state index in [1.54, 1.807) is 40.9 Å². The molecule has 4 aromatic rings. The van der Waals surface area contributed by atoms with E-state index in [-0.39, 0.29) is 42.3 Å². The third kappa shape index (κ3) is 4.58. The molecule has 11 nitrogen and oxygen atoms in total. The van der Waals surface area contributed by atoms with E-state index in [9.17, 15) is 18.0 Å². The highest BCUT2D eigenvalue weighted by Crippen LogP contribution is 2.44. The maximum Gasteiger partial charge on any atom is 0.260 e. The Bertz CT molecular complexity index is 1700. The molecule has 1 unspecified atom stereocenters. The summed E-state index contributed by atoms with van der Waals surface area (Å²) in [6.45, 7) is 4.18. The minimum absolute atomic E-state index is 0.0453. The normalized spacial score (nSPS) is 19.4. The largest absolute Gasteiger partial charge is 0.340 e. The number of carbonyl (C=O) groups excluding carboxylic acids is 2. The number of amides is 2. The van der Waals surface area contributed by atoms with Crippen LogP contribution >= 0.6 is 0 Å². The van der Waals surface area contributed by atoms with Crippen molar-refractivity contribution in [2.75, 3.05) is 31.1 Å². The van der Waals surface area contributed by atoms with Crippen molar-refractivity contribution in [3.63, 3.8) is 0 Å². The highest BCUT2D eigenvalue weighted by atomic mass is 32.2. The van der Waals surface area contributed by atoms with Gasteiger partial charge in [0, 0.05) is 57.5 Å². The molecule has 1 fully saturated rings. The summed E-state index contributed by atoms with van der Waals surface area (Å²) in [6, 6.07) is 16.8. The Hall–Kier alpha value is -4.42. The number of hydrogen-bond donors (Lipinski definition) is 0. The lowest BCUT2D eigenvalue weighted by Crippen LogP contribution is -2.50. The first kappa shape index (κ1) is 26.8. The molecule has 1 atom stereocenters. The van der Waals surface area contributed by atoms with Crippen LogP contribution in [0, 0.1) is 0 Å². The summed E-state index contributed by atoms with van der Waals surface area (Å²) in [5, 5.41) is -0.0453. The Morgan fingerprint density at radius 3 is 2.20 bits per heavy atom. The van der Waals surface area contributed by atoms with E-state index in [0.29, 0.717) is 18.8 Å². The number of sulfonamides is 1. The van der Waals surface area contributed by atoms with Crippen LogP contribution in [0.15, 0.2) is 84.5 Å². The number of nitrogens with zero attached hydrogens (tertiary/aromatic N) is 7. The first-order chi connectivity index (χ1) is 19.7. The van der Waals surface area contributed by atoms with Crippen molar-refractivity contribution in [3.05, 3.63) is 85.1 Å². The van der Waals surface area contributed by atoms with Crippen LogP contribution in [0.4, 0.5) is 11.6 Å². The zero-order valence-electron chi connectivity index (χ0n) is 22.7. The molecule has 2 aliphatic heterocycles. The first-order valence-corrected chi connectivity index (χ1v) is 14.7. The zero-order chi connectivity index (χ0) is 28.8. The molecule has 2 aromatic carbocycles. The molecule has 0 N–H and O–H groups in total. The van der Waals surface area contributed by atoms with E-state index in [2.05, 4.69) is 15.0 Å². The lowest BCUT2D eigenvalue weighted by molar-refractivity contribution is -0.130. The van der Waals surface area contributed by atoms with Crippen molar-refractivity contribution in [3.8, 4) is 11.1 Å². The van der Waals surface area contributed by atoms with Gasteiger partial charge in [0.05, 0.1) is 11.9 Å². The Kier molecular flexibility index (Phi) is 6.66. The van der Waals surface area contributed by atoms with Crippen molar-refractivity contribution in [2.45, 2.75) is 30.8 Å². The third-order valence-electron chi connectivity index (χ3n) is 7.77. The fourth-order valence-corrected chi connectivity index (χ4v) is 7.17. The molecule has 12 heteroatoms. The molecule has 210 valence electrons. The van der Waals surface area contributed by atoms with Crippen LogP contribution in [-0.4, -0.2) is 75.1 Å². The van der Waals surface area contributed by atoms with Gasteiger partial charge in [0.25, 0.3) is 15.9 Å². The van der Waals surface area contributed by atoms with Crippen molar-refractivity contribution in [2.24, 2.45) is 0 Å². The maximum absolute atomic E-state index is 14.2. The van der Waals surface area contributed by atoms with E-state index in [4.69, 9.17) is 0 Å². The third-order valence-corrected chi connectivity index (χ3v) is 9.63. The van der Waals surface area contributed by atoms with Crippen LogP contribution in [-0.2, 0) is 31.6 Å². The second-order valence-electron chi connectivity index (χ2n) is 10.4. The minimum Gasteiger partial charge on any atom is -0.340 e. The highest BCUT2D eigenvalue weighted by Gasteiger charge is 2.52. The standard InChI is InChI=1S/C29H29N7O4S/c1-21(37)33-12-14-34(15-13-33)41(39,40)26-19-32-28-35(25-6-4-3-5-7-25)27(38)29(2,36(26)28)16-22-8-10-23(11-9-22)24-17-30-20-31-18-24/h3-11,17-20H,12-16H2,1-2H3. The molecule has 0 aliphatic carbocycles. The van der Waals surface area contributed by atoms with E-state index in [1.165, 1.54) is 28.7 Å². The summed E-state index contributed by atoms with van der Waals surface area (Å²) in [7, 11) is -4.03. The van der Waals surface area contributed by atoms with Gasteiger partial charge in [-0.15, -0.1) is 0 Å². The number of carbonyl (C=O) groups is 2. The Morgan fingerprint density at radius 1 is 0.902 bits per heavy atom. The van der Waals surface area contributed by atoms with Gasteiger partial charge in [-0.25, -0.2) is 28.3 Å². The topological polar surface area (TPSA) is 122 Å². The number of anilines is 2. The molecular formula is C29H29N7O4S. The maximum atomic E-state index is 14.2. The van der Waals surface area contributed by atoms with Gasteiger partial charge in [0.2, 0.25) is 11.9 Å². The van der Waals surface area contributed by atoms with Gasteiger partial charge >= 0.3 is 0 Å². The summed E-state index contributed by atoms with van der Waals surface area (Å²) < 4.78 is 30.9. The van der Waals surface area contributed by atoms with Crippen LogP contribution in [0.3, 0.4) is 0 Å². The predicted molar refractivity (Wildman–Crippen MR) is 152 cm³/mol. The quantitative estimate of drug-likeness (QED) is 0.349. The number of benzene rings is 2. The van der Waals surface area contributed by atoms with Crippen LogP contribution in [0.25, 0.3) is 11.1 Å². The minimum atomic E-state index is -4.03. The molecule has 2 amide bonds. The van der Waals surface area contributed by atoms with Crippen molar-refractivity contribution >= 4 is 33.5 Å². The lowest BCUT2D eigenvalue weighted by Gasteiger charge is -2.34. The smallest absolute Gasteiger partial charge is 0.260 e. The molecule has 41 heavy (non-hydrogen) atoms. The summed E-state index contributed by atoms with van der Waals surface area (Å²) in [4.78, 5) is 41.8. The molecule has 0 saturated carbocycles.